The maximum atomic E-state index is 4.21. The SMILES string of the molecule is C=C(C)CCC(C)C1CCC2C3C(C)CC4CC(NC(C)C(C)(CC)CC)CCC4(C)C3CC(C)C12C. The summed E-state index contributed by atoms with van der Waals surface area (Å²) in [6.07, 6.45) is 15.4. The molecule has 0 aromatic rings. The summed E-state index contributed by atoms with van der Waals surface area (Å²) in [5, 5.41) is 4.18. The second-order valence-corrected chi connectivity index (χ2v) is 16.1. The average molecular weight is 512 g/mol. The third-order valence-electron chi connectivity index (χ3n) is 14.5. The molecule has 4 rings (SSSR count). The highest BCUT2D eigenvalue weighted by Gasteiger charge is 2.64. The van der Waals surface area contributed by atoms with Gasteiger partial charge in [-0.1, -0.05) is 61.0 Å². The molecule has 214 valence electrons. The van der Waals surface area contributed by atoms with E-state index in [-0.39, 0.29) is 0 Å². The lowest BCUT2D eigenvalue weighted by Crippen LogP contribution is -2.60. The fraction of sp³-hybridized carbons (Fsp3) is 0.944. The van der Waals surface area contributed by atoms with Crippen molar-refractivity contribution in [3.05, 3.63) is 12.2 Å². The molecule has 0 amide bonds. The maximum Gasteiger partial charge on any atom is 0.00949 e. The van der Waals surface area contributed by atoms with Gasteiger partial charge in [-0.2, -0.15) is 0 Å². The molecule has 12 unspecified atom stereocenters. The highest BCUT2D eigenvalue weighted by Crippen LogP contribution is 2.71. The second kappa shape index (κ2) is 10.9. The van der Waals surface area contributed by atoms with Crippen LogP contribution in [-0.4, -0.2) is 12.1 Å². The number of rotatable bonds is 9. The van der Waals surface area contributed by atoms with Crippen molar-refractivity contribution in [1.29, 1.82) is 0 Å². The third-order valence-corrected chi connectivity index (χ3v) is 14.5. The van der Waals surface area contributed by atoms with Gasteiger partial charge in [0.05, 0.1) is 0 Å². The first kappa shape index (κ1) is 29.7. The third kappa shape index (κ3) is 5.04. The summed E-state index contributed by atoms with van der Waals surface area (Å²) < 4.78 is 0. The van der Waals surface area contributed by atoms with Crippen LogP contribution >= 0.6 is 0 Å². The van der Waals surface area contributed by atoms with Crippen LogP contribution in [0, 0.1) is 63.6 Å². The Bertz CT molecular complexity index is 794. The van der Waals surface area contributed by atoms with Gasteiger partial charge >= 0.3 is 0 Å². The normalized spacial score (nSPS) is 45.5. The van der Waals surface area contributed by atoms with Crippen molar-refractivity contribution >= 4 is 0 Å². The van der Waals surface area contributed by atoms with Gasteiger partial charge in [0, 0.05) is 12.1 Å². The number of allylic oxidation sites excluding steroid dienone is 1. The molecule has 1 nitrogen and oxygen atoms in total. The van der Waals surface area contributed by atoms with E-state index >= 15 is 0 Å². The van der Waals surface area contributed by atoms with Crippen molar-refractivity contribution in [2.24, 2.45) is 63.6 Å². The predicted octanol–water partition coefficient (Wildman–Crippen LogP) is 10.3. The lowest BCUT2D eigenvalue weighted by molar-refractivity contribution is -0.161. The molecule has 37 heavy (non-hydrogen) atoms. The summed E-state index contributed by atoms with van der Waals surface area (Å²) in [4.78, 5) is 0. The lowest BCUT2D eigenvalue weighted by atomic mass is 9.40. The van der Waals surface area contributed by atoms with Crippen LogP contribution < -0.4 is 5.32 Å². The van der Waals surface area contributed by atoms with Gasteiger partial charge in [-0.15, -0.1) is 6.58 Å². The van der Waals surface area contributed by atoms with Crippen molar-refractivity contribution in [3.8, 4) is 0 Å². The Balaban J connectivity index is 1.50. The highest BCUT2D eigenvalue weighted by atomic mass is 15.0. The monoisotopic (exact) mass is 512 g/mol. The van der Waals surface area contributed by atoms with Crippen LogP contribution in [0.15, 0.2) is 12.2 Å². The van der Waals surface area contributed by atoms with Crippen LogP contribution in [0.1, 0.15) is 140 Å². The summed E-state index contributed by atoms with van der Waals surface area (Å²) in [6.45, 7) is 29.6. The Labute approximate surface area is 232 Å². The van der Waals surface area contributed by atoms with Gasteiger partial charge in [0.15, 0.2) is 0 Å². The molecule has 4 aliphatic rings. The molecule has 4 saturated carbocycles. The van der Waals surface area contributed by atoms with E-state index in [4.69, 9.17) is 0 Å². The molecule has 0 radical (unpaired) electrons. The summed E-state index contributed by atoms with van der Waals surface area (Å²) in [5.41, 5.74) is 2.91. The van der Waals surface area contributed by atoms with Crippen LogP contribution in [0.5, 0.6) is 0 Å². The van der Waals surface area contributed by atoms with E-state index in [0.29, 0.717) is 22.3 Å². The van der Waals surface area contributed by atoms with Gasteiger partial charge < -0.3 is 5.32 Å². The summed E-state index contributed by atoms with van der Waals surface area (Å²) >= 11 is 0. The minimum atomic E-state index is 0.426. The van der Waals surface area contributed by atoms with E-state index < -0.39 is 0 Å². The smallest absolute Gasteiger partial charge is 0.00949 e. The summed E-state index contributed by atoms with van der Waals surface area (Å²) in [7, 11) is 0. The van der Waals surface area contributed by atoms with Crippen molar-refractivity contribution in [1.82, 2.24) is 5.32 Å². The Hall–Kier alpha value is -0.300. The Morgan fingerprint density at radius 1 is 1.00 bits per heavy atom. The zero-order chi connectivity index (χ0) is 27.3. The molecule has 4 aliphatic carbocycles. The zero-order valence-corrected chi connectivity index (χ0v) is 26.8. The Morgan fingerprint density at radius 3 is 2.30 bits per heavy atom. The van der Waals surface area contributed by atoms with Crippen LogP contribution in [-0.2, 0) is 0 Å². The quantitative estimate of drug-likeness (QED) is 0.303. The molecule has 0 aromatic heterocycles. The van der Waals surface area contributed by atoms with Gasteiger partial charge in [0.25, 0.3) is 0 Å². The Morgan fingerprint density at radius 2 is 1.68 bits per heavy atom. The molecule has 1 heteroatoms. The minimum absolute atomic E-state index is 0.426. The van der Waals surface area contributed by atoms with Gasteiger partial charge in [-0.3, -0.25) is 0 Å². The number of hydrogen-bond acceptors (Lipinski definition) is 1. The molecule has 1 N–H and O–H groups in total. The van der Waals surface area contributed by atoms with Gasteiger partial charge in [-0.25, -0.2) is 0 Å². The summed E-state index contributed by atoms with van der Waals surface area (Å²) in [6, 6.07) is 1.34. The van der Waals surface area contributed by atoms with Crippen molar-refractivity contribution < 1.29 is 0 Å². The maximum absolute atomic E-state index is 4.21. The van der Waals surface area contributed by atoms with Gasteiger partial charge in [0.2, 0.25) is 0 Å². The average Bonchev–Trinajstić information content (AvgIpc) is 3.21. The summed E-state index contributed by atoms with van der Waals surface area (Å²) in [5.74, 6) is 7.31. The van der Waals surface area contributed by atoms with E-state index in [0.717, 1.165) is 53.4 Å². The van der Waals surface area contributed by atoms with Gasteiger partial charge in [-0.05, 0) is 148 Å². The van der Waals surface area contributed by atoms with E-state index in [9.17, 15) is 0 Å². The fourth-order valence-corrected chi connectivity index (χ4v) is 11.2. The van der Waals surface area contributed by atoms with Crippen LogP contribution in [0.25, 0.3) is 0 Å². The molecule has 4 fully saturated rings. The fourth-order valence-electron chi connectivity index (χ4n) is 11.2. The van der Waals surface area contributed by atoms with Crippen LogP contribution in [0.4, 0.5) is 0 Å². The first-order valence-corrected chi connectivity index (χ1v) is 16.7. The van der Waals surface area contributed by atoms with Crippen LogP contribution in [0.2, 0.25) is 0 Å². The van der Waals surface area contributed by atoms with Crippen LogP contribution in [0.3, 0.4) is 0 Å². The number of fused-ring (bicyclic) bond motifs is 5. The first-order valence-electron chi connectivity index (χ1n) is 16.7. The molecular formula is C36H65N. The molecule has 0 aromatic carbocycles. The van der Waals surface area contributed by atoms with E-state index in [2.05, 4.69) is 81.1 Å². The molecule has 0 aliphatic heterocycles. The van der Waals surface area contributed by atoms with Crippen molar-refractivity contribution in [2.45, 2.75) is 152 Å². The molecule has 0 heterocycles. The molecule has 0 bridgehead atoms. The zero-order valence-electron chi connectivity index (χ0n) is 26.8. The van der Waals surface area contributed by atoms with Crippen molar-refractivity contribution in [3.63, 3.8) is 0 Å². The molecule has 0 spiro atoms. The lowest BCUT2D eigenvalue weighted by Gasteiger charge is -2.65. The highest BCUT2D eigenvalue weighted by molar-refractivity contribution is 5.13. The number of nitrogens with one attached hydrogen (secondary N) is 1. The number of hydrogen-bond donors (Lipinski definition) is 1. The Kier molecular flexibility index (Phi) is 8.77. The first-order chi connectivity index (χ1) is 17.3. The van der Waals surface area contributed by atoms with Crippen molar-refractivity contribution in [2.75, 3.05) is 0 Å². The molecular weight excluding hydrogens is 446 g/mol. The molecule has 0 saturated heterocycles. The van der Waals surface area contributed by atoms with E-state index in [1.165, 1.54) is 76.2 Å². The second-order valence-electron chi connectivity index (χ2n) is 16.1. The van der Waals surface area contributed by atoms with E-state index in [1.807, 2.05) is 0 Å². The minimum Gasteiger partial charge on any atom is -0.311 e. The standard InChI is InChI=1S/C36H65N/c1-12-34(9,13-2)27(8)37-29-18-19-35(10)28(22-29)20-25(6)33-31-17-16-30(24(5)15-14-23(3)4)36(31,11)26(7)21-32(33)35/h24-33,37H,3,12-22H2,1-2,4-11H3. The molecule has 12 atom stereocenters. The largest absolute Gasteiger partial charge is 0.311 e. The van der Waals surface area contributed by atoms with Gasteiger partial charge in [0.1, 0.15) is 0 Å². The topological polar surface area (TPSA) is 12.0 Å². The van der Waals surface area contributed by atoms with E-state index in [1.54, 1.807) is 0 Å². The predicted molar refractivity (Wildman–Crippen MR) is 163 cm³/mol.